The van der Waals surface area contributed by atoms with Crippen LogP contribution in [-0.4, -0.2) is 29.9 Å². The van der Waals surface area contributed by atoms with Crippen LogP contribution in [0.1, 0.15) is 19.8 Å². The van der Waals surface area contributed by atoms with Crippen LogP contribution in [0.15, 0.2) is 34.9 Å². The second kappa shape index (κ2) is 6.29. The average molecular weight is 337 g/mol. The lowest BCUT2D eigenvalue weighted by atomic mass is 10.1. The Morgan fingerprint density at radius 3 is 3.15 bits per heavy atom. The molecule has 1 aromatic heterocycles. The lowest BCUT2D eigenvalue weighted by Crippen LogP contribution is -2.38. The summed E-state index contributed by atoms with van der Waals surface area (Å²) in [5.41, 5.74) is 1.28. The van der Waals surface area contributed by atoms with Crippen molar-refractivity contribution in [3.63, 3.8) is 0 Å². The Hall–Kier alpha value is -0.840. The first-order valence-electron chi connectivity index (χ1n) is 7.33. The summed E-state index contributed by atoms with van der Waals surface area (Å²) in [6, 6.07) is 9.03. The molecule has 0 saturated carbocycles. The fourth-order valence-corrected chi connectivity index (χ4v) is 3.24. The van der Waals surface area contributed by atoms with E-state index in [1.165, 1.54) is 23.7 Å². The summed E-state index contributed by atoms with van der Waals surface area (Å²) in [6.45, 7) is 5.10. The molecule has 0 amide bonds. The van der Waals surface area contributed by atoms with Crippen LogP contribution in [0.3, 0.4) is 0 Å². The monoisotopic (exact) mass is 336 g/mol. The van der Waals surface area contributed by atoms with Crippen molar-refractivity contribution in [1.82, 2.24) is 9.88 Å². The van der Waals surface area contributed by atoms with E-state index >= 15 is 0 Å². The van der Waals surface area contributed by atoms with E-state index in [1.54, 1.807) is 0 Å². The molecule has 1 aliphatic heterocycles. The van der Waals surface area contributed by atoms with Gasteiger partial charge in [-0.1, -0.05) is 22.0 Å². The fraction of sp³-hybridized carbons (Fsp3) is 0.500. The van der Waals surface area contributed by atoms with E-state index < -0.39 is 0 Å². The molecule has 0 radical (unpaired) electrons. The molecule has 108 valence electrons. The summed E-state index contributed by atoms with van der Waals surface area (Å²) in [6.07, 6.45) is 4.95. The number of halogens is 1. The van der Waals surface area contributed by atoms with Gasteiger partial charge in [0.25, 0.3) is 0 Å². The maximum atomic E-state index is 5.71. The summed E-state index contributed by atoms with van der Waals surface area (Å²) in [4.78, 5) is 0. The molecule has 1 N–H and O–H groups in total. The Labute approximate surface area is 128 Å². The van der Waals surface area contributed by atoms with E-state index in [-0.39, 0.29) is 0 Å². The molecule has 0 bridgehead atoms. The maximum Gasteiger partial charge on any atom is 0.0726 e. The van der Waals surface area contributed by atoms with Gasteiger partial charge < -0.3 is 14.6 Å². The van der Waals surface area contributed by atoms with Crippen molar-refractivity contribution in [2.45, 2.75) is 38.5 Å². The Kier molecular flexibility index (Phi) is 4.44. The topological polar surface area (TPSA) is 26.2 Å². The molecule has 20 heavy (non-hydrogen) atoms. The van der Waals surface area contributed by atoms with Crippen molar-refractivity contribution in [3.05, 3.63) is 34.9 Å². The number of fused-ring (bicyclic) bond motifs is 1. The van der Waals surface area contributed by atoms with Crippen LogP contribution >= 0.6 is 15.9 Å². The first kappa shape index (κ1) is 14.1. The van der Waals surface area contributed by atoms with Gasteiger partial charge in [0.1, 0.15) is 0 Å². The zero-order valence-electron chi connectivity index (χ0n) is 11.8. The van der Waals surface area contributed by atoms with Gasteiger partial charge in [0.05, 0.1) is 6.10 Å². The molecule has 4 heteroatoms. The molecular weight excluding hydrogens is 316 g/mol. The first-order chi connectivity index (χ1) is 9.74. The minimum atomic E-state index is 0.394. The van der Waals surface area contributed by atoms with Gasteiger partial charge in [-0.3, -0.25) is 0 Å². The number of ether oxygens (including phenoxy) is 1. The Bertz CT molecular complexity index is 575. The molecule has 2 unspecified atom stereocenters. The van der Waals surface area contributed by atoms with Crippen LogP contribution in [0.4, 0.5) is 0 Å². The van der Waals surface area contributed by atoms with Crippen molar-refractivity contribution in [1.29, 1.82) is 0 Å². The molecule has 3 rings (SSSR count). The molecular formula is C16H21BrN2O. The van der Waals surface area contributed by atoms with Gasteiger partial charge in [0.15, 0.2) is 0 Å². The van der Waals surface area contributed by atoms with Crippen LogP contribution in [0, 0.1) is 0 Å². The highest BCUT2D eigenvalue weighted by molar-refractivity contribution is 9.10. The van der Waals surface area contributed by atoms with Crippen molar-refractivity contribution < 1.29 is 4.74 Å². The number of nitrogens with zero attached hydrogens (tertiary/aromatic N) is 1. The lowest BCUT2D eigenvalue weighted by Gasteiger charge is -2.20. The third-order valence-electron chi connectivity index (χ3n) is 4.08. The van der Waals surface area contributed by atoms with Crippen molar-refractivity contribution >= 4 is 26.8 Å². The van der Waals surface area contributed by atoms with Crippen LogP contribution in [0.2, 0.25) is 0 Å². The number of rotatable bonds is 5. The third-order valence-corrected chi connectivity index (χ3v) is 4.57. The van der Waals surface area contributed by atoms with Gasteiger partial charge in [-0.05, 0) is 43.4 Å². The highest BCUT2D eigenvalue weighted by Gasteiger charge is 2.21. The summed E-state index contributed by atoms with van der Waals surface area (Å²) >= 11 is 3.54. The zero-order valence-corrected chi connectivity index (χ0v) is 13.4. The number of hydrogen-bond acceptors (Lipinski definition) is 2. The minimum Gasteiger partial charge on any atom is -0.377 e. The van der Waals surface area contributed by atoms with E-state index in [9.17, 15) is 0 Å². The van der Waals surface area contributed by atoms with Crippen LogP contribution in [-0.2, 0) is 11.3 Å². The van der Waals surface area contributed by atoms with E-state index in [0.717, 1.165) is 24.2 Å². The lowest BCUT2D eigenvalue weighted by molar-refractivity contribution is 0.0835. The molecule has 0 spiro atoms. The van der Waals surface area contributed by atoms with Gasteiger partial charge in [-0.2, -0.15) is 0 Å². The number of hydrogen-bond donors (Lipinski definition) is 1. The first-order valence-corrected chi connectivity index (χ1v) is 8.13. The number of aromatic nitrogens is 1. The summed E-state index contributed by atoms with van der Waals surface area (Å²) < 4.78 is 9.14. The third kappa shape index (κ3) is 3.08. The van der Waals surface area contributed by atoms with Crippen LogP contribution in [0.25, 0.3) is 10.9 Å². The Morgan fingerprint density at radius 2 is 2.35 bits per heavy atom. The smallest absolute Gasteiger partial charge is 0.0726 e. The molecule has 2 aromatic rings. The van der Waals surface area contributed by atoms with Crippen LogP contribution in [0.5, 0.6) is 0 Å². The predicted octanol–water partition coefficient (Wildman–Crippen LogP) is 3.56. The van der Waals surface area contributed by atoms with Gasteiger partial charge in [0, 0.05) is 41.9 Å². The standard InChI is InChI=1S/C16H21BrN2O/c1-12(16-3-2-10-20-16)18-7-9-19-8-6-13-4-5-14(17)11-15(13)19/h4-6,8,11-12,16,18H,2-3,7,9-10H2,1H3. The second-order valence-electron chi connectivity index (χ2n) is 5.51. The van der Waals surface area contributed by atoms with Crippen LogP contribution < -0.4 is 5.32 Å². The largest absolute Gasteiger partial charge is 0.377 e. The quantitative estimate of drug-likeness (QED) is 0.903. The van der Waals surface area contributed by atoms with E-state index in [2.05, 4.69) is 63.2 Å². The molecule has 2 heterocycles. The molecule has 2 atom stereocenters. The van der Waals surface area contributed by atoms with Gasteiger partial charge in [-0.15, -0.1) is 0 Å². The number of nitrogens with one attached hydrogen (secondary N) is 1. The van der Waals surface area contributed by atoms with E-state index in [0.29, 0.717) is 12.1 Å². The summed E-state index contributed by atoms with van der Waals surface area (Å²) in [7, 11) is 0. The Morgan fingerprint density at radius 1 is 1.45 bits per heavy atom. The molecule has 1 aromatic carbocycles. The minimum absolute atomic E-state index is 0.394. The van der Waals surface area contributed by atoms with Crippen molar-refractivity contribution in [3.8, 4) is 0 Å². The van der Waals surface area contributed by atoms with Gasteiger partial charge in [0.2, 0.25) is 0 Å². The van der Waals surface area contributed by atoms with Gasteiger partial charge >= 0.3 is 0 Å². The zero-order chi connectivity index (χ0) is 13.9. The molecule has 1 saturated heterocycles. The molecule has 3 nitrogen and oxygen atoms in total. The average Bonchev–Trinajstić information content (AvgIpc) is 3.08. The fourth-order valence-electron chi connectivity index (χ4n) is 2.89. The summed E-state index contributed by atoms with van der Waals surface area (Å²) in [5.74, 6) is 0. The van der Waals surface area contributed by atoms with Gasteiger partial charge in [-0.25, -0.2) is 0 Å². The maximum absolute atomic E-state index is 5.71. The number of benzene rings is 1. The second-order valence-corrected chi connectivity index (χ2v) is 6.42. The normalized spacial score (nSPS) is 20.6. The SMILES string of the molecule is CC(NCCn1ccc2ccc(Br)cc21)C1CCCO1. The molecule has 0 aliphatic carbocycles. The predicted molar refractivity (Wildman–Crippen MR) is 86.1 cm³/mol. The van der Waals surface area contributed by atoms with Crippen molar-refractivity contribution in [2.75, 3.05) is 13.2 Å². The van der Waals surface area contributed by atoms with E-state index in [4.69, 9.17) is 4.74 Å². The summed E-state index contributed by atoms with van der Waals surface area (Å²) in [5, 5.41) is 4.88. The highest BCUT2D eigenvalue weighted by Crippen LogP contribution is 2.21. The van der Waals surface area contributed by atoms with Crippen molar-refractivity contribution in [2.24, 2.45) is 0 Å². The van der Waals surface area contributed by atoms with E-state index in [1.807, 2.05) is 0 Å². The molecule has 1 fully saturated rings. The molecule has 1 aliphatic rings. The Balaban J connectivity index is 1.58. The highest BCUT2D eigenvalue weighted by atomic mass is 79.9.